The van der Waals surface area contributed by atoms with Crippen molar-refractivity contribution in [3.05, 3.63) is 75.3 Å². The van der Waals surface area contributed by atoms with E-state index in [0.29, 0.717) is 25.8 Å². The van der Waals surface area contributed by atoms with E-state index in [1.165, 1.54) is 72.2 Å². The van der Waals surface area contributed by atoms with Gasteiger partial charge in [0.1, 0.15) is 47.8 Å². The number of hydrogen-bond acceptors (Lipinski definition) is 21. The maximum atomic E-state index is 14.0. The zero-order valence-electron chi connectivity index (χ0n) is 35.1. The molecular weight excluding hydrogens is 901 g/mol. The molecule has 2 aromatic heterocycles. The molecule has 6 rings (SSSR count). The van der Waals surface area contributed by atoms with Crippen LogP contribution >= 0.6 is 46.4 Å². The van der Waals surface area contributed by atoms with Crippen molar-refractivity contribution in [2.75, 3.05) is 31.5 Å². The number of methoxy groups -OCH3 is 1. The highest BCUT2D eigenvalue weighted by atomic mass is 32.2. The van der Waals surface area contributed by atoms with Crippen molar-refractivity contribution in [2.24, 2.45) is 5.16 Å². The van der Waals surface area contributed by atoms with Crippen molar-refractivity contribution < 1.29 is 57.2 Å². The first kappa shape index (κ1) is 46.6. The molecule has 2 aliphatic rings. The minimum atomic E-state index is -1.09. The van der Waals surface area contributed by atoms with Gasteiger partial charge in [0.25, 0.3) is 11.8 Å². The number of nitrogen functional groups attached to an aromatic ring is 1. The lowest BCUT2D eigenvalue weighted by molar-refractivity contribution is -0.153. The van der Waals surface area contributed by atoms with Gasteiger partial charge in [-0.3, -0.25) is 19.3 Å². The number of ether oxygens (including phenoxy) is 6. The Labute approximate surface area is 376 Å². The smallest absolute Gasteiger partial charge is 0.497 e. The minimum Gasteiger partial charge on any atom is -0.497 e. The molecule has 0 aliphatic carbocycles. The first-order chi connectivity index (χ1) is 29.7. The molecule has 2 amide bonds. The topological polar surface area (TPSA) is 246 Å². The molecule has 63 heavy (non-hydrogen) atoms. The highest BCUT2D eigenvalue weighted by Crippen LogP contribution is 2.43. The SMILES string of the molecule is CO/N=C(\C(=O)NC1C(=O)N2C(C(=O)OCc3ccc(OC)cc3)=C(CSc3cc(=O)c4cc(OC(=O)OC(C)(C)C)c(OC(=O)OC(C)(C)C)cc4s3)CS[C@H]12)c1nsc(N)n1. The lowest BCUT2D eigenvalue weighted by Gasteiger charge is -2.49. The van der Waals surface area contributed by atoms with Gasteiger partial charge in [-0.25, -0.2) is 14.4 Å². The summed E-state index contributed by atoms with van der Waals surface area (Å²) in [4.78, 5) is 90.3. The van der Waals surface area contributed by atoms with Crippen LogP contribution in [0.25, 0.3) is 10.1 Å². The molecule has 4 aromatic rings. The van der Waals surface area contributed by atoms with E-state index in [2.05, 4.69) is 19.8 Å². The van der Waals surface area contributed by atoms with Crippen LogP contribution in [-0.4, -0.2) is 98.4 Å². The zero-order chi connectivity index (χ0) is 45.8. The summed E-state index contributed by atoms with van der Waals surface area (Å²) >= 11 is 4.55. The van der Waals surface area contributed by atoms with E-state index in [-0.39, 0.29) is 57.4 Å². The number of nitrogens with two attached hydrogens (primary N) is 1. The average molecular weight is 943 g/mol. The second-order valence-corrected chi connectivity index (χ2v) is 19.7. The van der Waals surface area contributed by atoms with Crippen LogP contribution in [0.5, 0.6) is 17.2 Å². The van der Waals surface area contributed by atoms with E-state index >= 15 is 0 Å². The number of aromatic nitrogens is 2. The highest BCUT2D eigenvalue weighted by molar-refractivity contribution is 8.02. The molecule has 0 spiro atoms. The second-order valence-electron chi connectivity index (χ2n) is 15.5. The van der Waals surface area contributed by atoms with E-state index in [4.69, 9.17) is 39.0 Å². The predicted octanol–water partition coefficient (Wildman–Crippen LogP) is 5.87. The molecule has 0 bridgehead atoms. The van der Waals surface area contributed by atoms with Gasteiger partial charge in [0.2, 0.25) is 11.5 Å². The molecule has 3 N–H and O–H groups in total. The molecule has 1 saturated heterocycles. The molecular formula is C40H42N6O13S4. The summed E-state index contributed by atoms with van der Waals surface area (Å²) < 4.78 is 37.3. The fourth-order valence-corrected chi connectivity index (χ4v) is 9.94. The number of amides is 2. The Kier molecular flexibility index (Phi) is 14.2. The van der Waals surface area contributed by atoms with Crippen molar-refractivity contribution in [3.8, 4) is 17.2 Å². The van der Waals surface area contributed by atoms with E-state index in [1.807, 2.05) is 0 Å². The molecule has 2 aliphatic heterocycles. The van der Waals surface area contributed by atoms with Crippen molar-refractivity contribution >= 4 is 97.4 Å². The standard InChI is InChI=1S/C40H42N6O13S4/c1-39(2,3)58-37(51)56-24-13-22-23(47)14-27(62-26(22)15-25(24)57-38(52)59-40(4,5)6)60-17-20-18-61-34-29(42-32(48)28(44-54-8)31-43-36(41)63-45-31)33(49)46(34)30(20)35(50)55-16-19-9-11-21(53-7)12-10-19/h9-15,29,34H,16-18H2,1-8H3,(H,42,48)(H2,41,43,45)/b44-28-/t29?,34-/m1/s1. The molecule has 0 radical (unpaired) electrons. The molecule has 334 valence electrons. The van der Waals surface area contributed by atoms with Gasteiger partial charge in [0.15, 0.2) is 22.1 Å². The summed E-state index contributed by atoms with van der Waals surface area (Å²) in [6.45, 7) is 9.77. The van der Waals surface area contributed by atoms with Crippen molar-refractivity contribution in [1.29, 1.82) is 0 Å². The number of rotatable bonds is 13. The van der Waals surface area contributed by atoms with Gasteiger partial charge in [0.05, 0.1) is 11.3 Å². The Balaban J connectivity index is 1.28. The van der Waals surface area contributed by atoms with E-state index in [9.17, 15) is 28.8 Å². The van der Waals surface area contributed by atoms with Crippen LogP contribution in [0, 0.1) is 0 Å². The van der Waals surface area contributed by atoms with Crippen LogP contribution in [0.15, 0.2) is 67.9 Å². The van der Waals surface area contributed by atoms with Crippen LogP contribution in [0.1, 0.15) is 52.9 Å². The Morgan fingerprint density at radius 3 is 2.19 bits per heavy atom. The summed E-state index contributed by atoms with van der Waals surface area (Å²) in [5.74, 6) is -1.70. The number of hydrogen-bond donors (Lipinski definition) is 2. The third-order valence-electron chi connectivity index (χ3n) is 8.43. The Morgan fingerprint density at radius 2 is 1.60 bits per heavy atom. The van der Waals surface area contributed by atoms with Gasteiger partial charge in [-0.2, -0.15) is 9.36 Å². The van der Waals surface area contributed by atoms with Crippen LogP contribution in [0.3, 0.4) is 0 Å². The van der Waals surface area contributed by atoms with E-state index in [0.717, 1.165) is 11.5 Å². The summed E-state index contributed by atoms with van der Waals surface area (Å²) in [6, 6.07) is 9.89. The van der Waals surface area contributed by atoms with Crippen molar-refractivity contribution in [1.82, 2.24) is 19.6 Å². The monoisotopic (exact) mass is 942 g/mol. The zero-order valence-corrected chi connectivity index (χ0v) is 38.4. The number of nitrogens with one attached hydrogen (secondary N) is 1. The molecule has 2 aromatic carbocycles. The third kappa shape index (κ3) is 11.6. The van der Waals surface area contributed by atoms with Gasteiger partial charge in [-0.05, 0) is 70.9 Å². The lowest BCUT2D eigenvalue weighted by atomic mass is 10.0. The number of nitrogens with zero attached hydrogens (tertiary/aromatic N) is 4. The van der Waals surface area contributed by atoms with Crippen molar-refractivity contribution in [3.63, 3.8) is 0 Å². The maximum absolute atomic E-state index is 14.0. The Hall–Kier alpha value is -5.91. The average Bonchev–Trinajstić information content (AvgIpc) is 3.64. The first-order valence-electron chi connectivity index (χ1n) is 18.8. The molecule has 1 unspecified atom stereocenters. The fourth-order valence-electron chi connectivity index (χ4n) is 5.79. The molecule has 2 atom stereocenters. The number of thioether (sulfide) groups is 2. The van der Waals surface area contributed by atoms with Gasteiger partial charge < -0.3 is 44.3 Å². The molecule has 4 heterocycles. The Morgan fingerprint density at radius 1 is 0.952 bits per heavy atom. The Bertz CT molecular complexity index is 2560. The fraction of sp³-hybridized carbons (Fsp3) is 0.375. The first-order valence-corrected chi connectivity index (χ1v) is 22.4. The van der Waals surface area contributed by atoms with Gasteiger partial charge in [-0.15, -0.1) is 34.9 Å². The third-order valence-corrected chi connectivity index (χ3v) is 12.7. The second kappa shape index (κ2) is 19.2. The number of β-lactam (4-membered cyclic amide) rings is 1. The number of carbonyl (C=O) groups excluding carboxylic acids is 5. The van der Waals surface area contributed by atoms with Crippen LogP contribution in [0.2, 0.25) is 0 Å². The van der Waals surface area contributed by atoms with E-state index in [1.54, 1.807) is 65.8 Å². The van der Waals surface area contributed by atoms with Gasteiger partial charge >= 0.3 is 18.3 Å². The largest absolute Gasteiger partial charge is 0.514 e. The molecule has 23 heteroatoms. The van der Waals surface area contributed by atoms with Gasteiger partial charge in [-0.1, -0.05) is 17.3 Å². The summed E-state index contributed by atoms with van der Waals surface area (Å²) in [5, 5.41) is 5.94. The van der Waals surface area contributed by atoms with Gasteiger partial charge in [0, 0.05) is 45.3 Å². The highest BCUT2D eigenvalue weighted by Gasteiger charge is 2.55. The van der Waals surface area contributed by atoms with E-state index < -0.39 is 58.1 Å². The van der Waals surface area contributed by atoms with Crippen LogP contribution in [0.4, 0.5) is 14.7 Å². The number of esters is 1. The lowest BCUT2D eigenvalue weighted by Crippen LogP contribution is -2.71. The molecule has 1 fully saturated rings. The summed E-state index contributed by atoms with van der Waals surface area (Å²) in [6.07, 6.45) is -2.16. The van der Waals surface area contributed by atoms with Crippen LogP contribution in [-0.2, 0) is 40.0 Å². The number of benzene rings is 2. The van der Waals surface area contributed by atoms with Crippen molar-refractivity contribution in [2.45, 2.75) is 75.0 Å². The minimum absolute atomic E-state index is 0.0000933. The normalized spacial score (nSPS) is 16.4. The maximum Gasteiger partial charge on any atom is 0.514 e. The molecule has 19 nitrogen and oxygen atoms in total. The number of oxime groups is 1. The number of fused-ring (bicyclic) bond motifs is 2. The quantitative estimate of drug-likeness (QED) is 0.0302. The summed E-state index contributed by atoms with van der Waals surface area (Å²) in [7, 11) is 2.77. The summed E-state index contributed by atoms with van der Waals surface area (Å²) in [5.41, 5.74) is 4.34. The number of anilines is 1. The molecule has 0 saturated carbocycles. The number of carbonyl (C=O) groups is 5. The predicted molar refractivity (Wildman–Crippen MR) is 235 cm³/mol. The van der Waals surface area contributed by atoms with Crippen LogP contribution < -0.4 is 30.7 Å².